The quantitative estimate of drug-likeness (QED) is 0.843. The summed E-state index contributed by atoms with van der Waals surface area (Å²) in [7, 11) is 1.82. The molecule has 0 aliphatic carbocycles. The van der Waals surface area contributed by atoms with Crippen molar-refractivity contribution < 1.29 is 13.2 Å². The Balaban J connectivity index is 2.49. The summed E-state index contributed by atoms with van der Waals surface area (Å²) in [5.74, 6) is -1.23. The lowest BCUT2D eigenvalue weighted by atomic mass is 10.1. The van der Waals surface area contributed by atoms with Crippen molar-refractivity contribution in [1.82, 2.24) is 5.32 Å². The maximum atomic E-state index is 13.2. The van der Waals surface area contributed by atoms with E-state index in [2.05, 4.69) is 5.32 Å². The first-order valence-electron chi connectivity index (χ1n) is 4.72. The Morgan fingerprint density at radius 2 is 2.13 bits per heavy atom. The predicted octanol–water partition coefficient (Wildman–Crippen LogP) is 2.47. The second-order valence-electron chi connectivity index (χ2n) is 3.38. The highest BCUT2D eigenvalue weighted by atomic mass is 19.1. The number of hydrogen-bond acceptors (Lipinski definition) is 2. The van der Waals surface area contributed by atoms with Gasteiger partial charge >= 0.3 is 0 Å². The van der Waals surface area contributed by atoms with E-state index in [1.165, 1.54) is 12.3 Å². The molecule has 0 saturated heterocycles. The van der Waals surface area contributed by atoms with E-state index in [0.717, 1.165) is 18.2 Å². The summed E-state index contributed by atoms with van der Waals surface area (Å²) in [5.41, 5.74) is 0.945. The number of rotatable bonds is 3. The first-order valence-corrected chi connectivity index (χ1v) is 4.72. The van der Waals surface area contributed by atoms with E-state index in [4.69, 9.17) is 4.42 Å². The Hall–Kier alpha value is -1.42. The molecule has 0 unspecified atom stereocenters. The van der Waals surface area contributed by atoms with Gasteiger partial charge in [0.25, 0.3) is 0 Å². The normalized spacial score (nSPS) is 11.1. The highest BCUT2D eigenvalue weighted by molar-refractivity contribution is 5.81. The average molecular weight is 211 g/mol. The largest absolute Gasteiger partial charge is 0.461 e. The molecule has 0 fully saturated rings. The smallest absolute Gasteiger partial charge is 0.169 e. The number of furan rings is 1. The highest BCUT2D eigenvalue weighted by Crippen LogP contribution is 2.25. The fourth-order valence-corrected chi connectivity index (χ4v) is 1.57. The zero-order chi connectivity index (χ0) is 10.8. The van der Waals surface area contributed by atoms with E-state index >= 15 is 0 Å². The maximum Gasteiger partial charge on any atom is 0.169 e. The molecule has 2 nitrogen and oxygen atoms in total. The van der Waals surface area contributed by atoms with Crippen LogP contribution in [0, 0.1) is 11.6 Å². The zero-order valence-corrected chi connectivity index (χ0v) is 8.31. The molecular formula is C11H11F2NO. The number of hydrogen-bond donors (Lipinski definition) is 1. The summed E-state index contributed by atoms with van der Waals surface area (Å²) in [4.78, 5) is 0. The maximum absolute atomic E-state index is 13.2. The molecule has 0 saturated carbocycles. The number of likely N-dealkylation sites (N-methyl/N-ethyl adjacent to an activating group) is 1. The van der Waals surface area contributed by atoms with Crippen molar-refractivity contribution in [3.63, 3.8) is 0 Å². The molecule has 0 aliphatic rings. The van der Waals surface area contributed by atoms with Gasteiger partial charge in [0.05, 0.1) is 6.26 Å². The molecule has 0 radical (unpaired) electrons. The highest BCUT2D eigenvalue weighted by Gasteiger charge is 2.11. The van der Waals surface area contributed by atoms with Gasteiger partial charge in [-0.1, -0.05) is 0 Å². The molecule has 2 aromatic rings. The van der Waals surface area contributed by atoms with Crippen LogP contribution in [0.3, 0.4) is 0 Å². The van der Waals surface area contributed by atoms with Crippen LogP contribution in [0.2, 0.25) is 0 Å². The van der Waals surface area contributed by atoms with Crippen molar-refractivity contribution in [2.24, 2.45) is 0 Å². The lowest BCUT2D eigenvalue weighted by Crippen LogP contribution is -2.09. The molecule has 15 heavy (non-hydrogen) atoms. The molecule has 0 atom stereocenters. The Morgan fingerprint density at radius 3 is 2.87 bits per heavy atom. The fraction of sp³-hybridized carbons (Fsp3) is 0.273. The SMILES string of the molecule is CNCCc1coc2c(F)cc(F)cc12. The zero-order valence-electron chi connectivity index (χ0n) is 8.31. The van der Waals surface area contributed by atoms with Crippen LogP contribution in [0.25, 0.3) is 11.0 Å². The van der Waals surface area contributed by atoms with Crippen LogP contribution in [-0.4, -0.2) is 13.6 Å². The van der Waals surface area contributed by atoms with Crippen LogP contribution >= 0.6 is 0 Å². The van der Waals surface area contributed by atoms with Crippen LogP contribution < -0.4 is 5.32 Å². The van der Waals surface area contributed by atoms with E-state index in [0.29, 0.717) is 11.8 Å². The lowest BCUT2D eigenvalue weighted by molar-refractivity contribution is 0.545. The first-order chi connectivity index (χ1) is 7.22. The molecule has 0 bridgehead atoms. The minimum Gasteiger partial charge on any atom is -0.461 e. The number of halogens is 2. The third kappa shape index (κ3) is 1.85. The average Bonchev–Trinajstić information content (AvgIpc) is 2.58. The van der Waals surface area contributed by atoms with Crippen LogP contribution in [0.1, 0.15) is 5.56 Å². The van der Waals surface area contributed by atoms with Gasteiger partial charge in [-0.3, -0.25) is 0 Å². The third-order valence-corrected chi connectivity index (χ3v) is 2.32. The summed E-state index contributed by atoms with van der Waals surface area (Å²) in [6, 6.07) is 2.13. The van der Waals surface area contributed by atoms with E-state index in [9.17, 15) is 8.78 Å². The summed E-state index contributed by atoms with van der Waals surface area (Å²) in [5, 5.41) is 3.49. The van der Waals surface area contributed by atoms with Gasteiger partial charge in [-0.2, -0.15) is 0 Å². The molecule has 1 heterocycles. The van der Waals surface area contributed by atoms with Crippen LogP contribution in [0.15, 0.2) is 22.8 Å². The van der Waals surface area contributed by atoms with Crippen molar-refractivity contribution >= 4 is 11.0 Å². The van der Waals surface area contributed by atoms with Gasteiger partial charge in [0, 0.05) is 11.5 Å². The van der Waals surface area contributed by atoms with Gasteiger partial charge in [-0.15, -0.1) is 0 Å². The van der Waals surface area contributed by atoms with Gasteiger partial charge in [0.15, 0.2) is 11.4 Å². The van der Waals surface area contributed by atoms with E-state index in [1.54, 1.807) is 0 Å². The van der Waals surface area contributed by atoms with Crippen molar-refractivity contribution in [2.75, 3.05) is 13.6 Å². The minimum absolute atomic E-state index is 0.127. The molecule has 1 aromatic heterocycles. The summed E-state index contributed by atoms with van der Waals surface area (Å²) < 4.78 is 31.3. The first kappa shape index (κ1) is 10.1. The summed E-state index contributed by atoms with van der Waals surface area (Å²) >= 11 is 0. The standard InChI is InChI=1S/C11H11F2NO/c1-14-3-2-7-6-15-11-9(7)4-8(12)5-10(11)13/h4-6,14H,2-3H2,1H3. The molecule has 80 valence electrons. The van der Waals surface area contributed by atoms with E-state index in [1.807, 2.05) is 7.05 Å². The Kier molecular flexibility index (Phi) is 2.68. The van der Waals surface area contributed by atoms with Gasteiger partial charge < -0.3 is 9.73 Å². The molecule has 4 heteroatoms. The summed E-state index contributed by atoms with van der Waals surface area (Å²) in [6.07, 6.45) is 2.16. The summed E-state index contributed by atoms with van der Waals surface area (Å²) in [6.45, 7) is 0.743. The van der Waals surface area contributed by atoms with Gasteiger partial charge in [0.1, 0.15) is 5.82 Å². The Morgan fingerprint density at radius 1 is 1.33 bits per heavy atom. The second kappa shape index (κ2) is 3.98. The van der Waals surface area contributed by atoms with Crippen LogP contribution in [0.5, 0.6) is 0 Å². The number of nitrogens with one attached hydrogen (secondary N) is 1. The van der Waals surface area contributed by atoms with Crippen molar-refractivity contribution in [3.05, 3.63) is 35.6 Å². The topological polar surface area (TPSA) is 25.2 Å². The molecule has 1 N–H and O–H groups in total. The fourth-order valence-electron chi connectivity index (χ4n) is 1.57. The van der Waals surface area contributed by atoms with E-state index < -0.39 is 11.6 Å². The Labute approximate surface area is 85.9 Å². The minimum atomic E-state index is -0.652. The van der Waals surface area contributed by atoms with Crippen LogP contribution in [-0.2, 0) is 6.42 Å². The molecular weight excluding hydrogens is 200 g/mol. The monoisotopic (exact) mass is 211 g/mol. The van der Waals surface area contributed by atoms with Crippen molar-refractivity contribution in [3.8, 4) is 0 Å². The number of benzene rings is 1. The van der Waals surface area contributed by atoms with Gasteiger partial charge in [-0.05, 0) is 31.6 Å². The third-order valence-electron chi connectivity index (χ3n) is 2.32. The molecule has 0 amide bonds. The lowest BCUT2D eigenvalue weighted by Gasteiger charge is -1.97. The number of fused-ring (bicyclic) bond motifs is 1. The molecule has 0 aliphatic heterocycles. The van der Waals surface area contributed by atoms with E-state index in [-0.39, 0.29) is 5.58 Å². The molecule has 1 aromatic carbocycles. The predicted molar refractivity (Wildman–Crippen MR) is 53.8 cm³/mol. The van der Waals surface area contributed by atoms with Gasteiger partial charge in [0.2, 0.25) is 0 Å². The second-order valence-corrected chi connectivity index (χ2v) is 3.38. The Bertz CT molecular complexity index is 479. The van der Waals surface area contributed by atoms with Crippen LogP contribution in [0.4, 0.5) is 8.78 Å². The van der Waals surface area contributed by atoms with Crippen molar-refractivity contribution in [1.29, 1.82) is 0 Å². The van der Waals surface area contributed by atoms with Crippen molar-refractivity contribution in [2.45, 2.75) is 6.42 Å². The van der Waals surface area contributed by atoms with Gasteiger partial charge in [-0.25, -0.2) is 8.78 Å². The molecule has 2 rings (SSSR count). The molecule has 0 spiro atoms.